The zero-order valence-electron chi connectivity index (χ0n) is 13.2. The Morgan fingerprint density at radius 1 is 1.04 bits per heavy atom. The van der Waals surface area contributed by atoms with Crippen LogP contribution in [0, 0.1) is 5.92 Å². The smallest absolute Gasteiger partial charge is 0.258 e. The summed E-state index contributed by atoms with van der Waals surface area (Å²) in [5, 5.41) is 2.88. The van der Waals surface area contributed by atoms with Crippen molar-refractivity contribution in [1.29, 1.82) is 0 Å². The molecule has 4 nitrogen and oxygen atoms in total. The van der Waals surface area contributed by atoms with Crippen LogP contribution in [0.5, 0.6) is 0 Å². The number of rotatable bonds is 5. The predicted octanol–water partition coefficient (Wildman–Crippen LogP) is 3.70. The Balaban J connectivity index is 1.72. The van der Waals surface area contributed by atoms with Gasteiger partial charge < -0.3 is 10.2 Å². The predicted molar refractivity (Wildman–Crippen MR) is 91.6 cm³/mol. The van der Waals surface area contributed by atoms with E-state index in [1.165, 1.54) is 0 Å². The molecule has 0 bridgehead atoms. The minimum atomic E-state index is -0.0428. The lowest BCUT2D eigenvalue weighted by Crippen LogP contribution is -2.30. The zero-order chi connectivity index (χ0) is 16.2. The van der Waals surface area contributed by atoms with Gasteiger partial charge in [0, 0.05) is 29.4 Å². The van der Waals surface area contributed by atoms with Crippen molar-refractivity contribution in [2.45, 2.75) is 19.8 Å². The van der Waals surface area contributed by atoms with Gasteiger partial charge in [0.25, 0.3) is 5.91 Å². The lowest BCUT2D eigenvalue weighted by atomic mass is 10.1. The third-order valence-electron chi connectivity index (χ3n) is 3.98. The van der Waals surface area contributed by atoms with Gasteiger partial charge in [0.1, 0.15) is 0 Å². The van der Waals surface area contributed by atoms with Crippen LogP contribution in [0.4, 0.5) is 11.4 Å². The molecule has 1 N–H and O–H groups in total. The van der Waals surface area contributed by atoms with Gasteiger partial charge in [-0.3, -0.25) is 9.59 Å². The topological polar surface area (TPSA) is 49.4 Å². The minimum absolute atomic E-state index is 0.0428. The molecule has 0 unspecified atom stereocenters. The SMILES string of the molecule is CCN(C(=O)c1ccc(NC(=O)C2CC2)cc1)c1ccccc1. The molecular weight excluding hydrogens is 288 g/mol. The Morgan fingerprint density at radius 3 is 2.26 bits per heavy atom. The molecule has 23 heavy (non-hydrogen) atoms. The van der Waals surface area contributed by atoms with E-state index in [0.29, 0.717) is 12.1 Å². The van der Waals surface area contributed by atoms with Crippen molar-refractivity contribution >= 4 is 23.2 Å². The highest BCUT2D eigenvalue weighted by Gasteiger charge is 2.29. The zero-order valence-corrected chi connectivity index (χ0v) is 13.2. The lowest BCUT2D eigenvalue weighted by Gasteiger charge is -2.21. The van der Waals surface area contributed by atoms with Gasteiger partial charge in [-0.15, -0.1) is 0 Å². The molecule has 1 aliphatic carbocycles. The summed E-state index contributed by atoms with van der Waals surface area (Å²) in [5.41, 5.74) is 2.23. The van der Waals surface area contributed by atoms with Gasteiger partial charge in [-0.05, 0) is 56.2 Å². The maximum Gasteiger partial charge on any atom is 0.258 e. The summed E-state index contributed by atoms with van der Waals surface area (Å²) in [6.45, 7) is 2.55. The standard InChI is InChI=1S/C19H20N2O2/c1-2-21(17-6-4-3-5-7-17)19(23)15-10-12-16(13-11-15)20-18(22)14-8-9-14/h3-7,10-14H,2,8-9H2,1H3,(H,20,22). The number of para-hydroxylation sites is 1. The number of benzene rings is 2. The van der Waals surface area contributed by atoms with Crippen molar-refractivity contribution in [2.24, 2.45) is 5.92 Å². The van der Waals surface area contributed by atoms with E-state index in [-0.39, 0.29) is 17.7 Å². The summed E-state index contributed by atoms with van der Waals surface area (Å²) in [5.74, 6) is 0.201. The molecule has 0 atom stereocenters. The first-order chi connectivity index (χ1) is 11.2. The van der Waals surface area contributed by atoms with Crippen molar-refractivity contribution in [3.05, 3.63) is 60.2 Å². The first-order valence-electron chi connectivity index (χ1n) is 7.97. The molecule has 0 radical (unpaired) electrons. The molecule has 0 saturated heterocycles. The average Bonchev–Trinajstić information content (AvgIpc) is 3.42. The minimum Gasteiger partial charge on any atom is -0.326 e. The van der Waals surface area contributed by atoms with Crippen LogP contribution in [0.25, 0.3) is 0 Å². The van der Waals surface area contributed by atoms with Gasteiger partial charge in [-0.2, -0.15) is 0 Å². The summed E-state index contributed by atoms with van der Waals surface area (Å²) in [4.78, 5) is 26.1. The maximum atomic E-state index is 12.7. The summed E-state index contributed by atoms with van der Waals surface area (Å²) in [7, 11) is 0. The molecule has 1 saturated carbocycles. The van der Waals surface area contributed by atoms with E-state index in [1.54, 1.807) is 29.2 Å². The Kier molecular flexibility index (Phi) is 4.42. The van der Waals surface area contributed by atoms with Gasteiger partial charge >= 0.3 is 0 Å². The van der Waals surface area contributed by atoms with Gasteiger partial charge in [0.15, 0.2) is 0 Å². The van der Waals surface area contributed by atoms with E-state index >= 15 is 0 Å². The Hall–Kier alpha value is -2.62. The fourth-order valence-corrected chi connectivity index (χ4v) is 2.49. The van der Waals surface area contributed by atoms with Gasteiger partial charge in [-0.1, -0.05) is 18.2 Å². The molecule has 2 amide bonds. The van der Waals surface area contributed by atoms with E-state index in [1.807, 2.05) is 37.3 Å². The molecular formula is C19H20N2O2. The van der Waals surface area contributed by atoms with E-state index in [9.17, 15) is 9.59 Å². The van der Waals surface area contributed by atoms with Crippen LogP contribution in [-0.4, -0.2) is 18.4 Å². The van der Waals surface area contributed by atoms with Crippen molar-refractivity contribution in [2.75, 3.05) is 16.8 Å². The molecule has 0 heterocycles. The van der Waals surface area contributed by atoms with Gasteiger partial charge in [0.05, 0.1) is 0 Å². The number of hydrogen-bond donors (Lipinski definition) is 1. The van der Waals surface area contributed by atoms with E-state index < -0.39 is 0 Å². The summed E-state index contributed by atoms with van der Waals surface area (Å²) < 4.78 is 0. The second-order valence-corrected chi connectivity index (χ2v) is 5.73. The highest BCUT2D eigenvalue weighted by Crippen LogP contribution is 2.30. The summed E-state index contributed by atoms with van der Waals surface area (Å²) in [6.07, 6.45) is 1.95. The van der Waals surface area contributed by atoms with E-state index in [4.69, 9.17) is 0 Å². The molecule has 4 heteroatoms. The molecule has 0 spiro atoms. The van der Waals surface area contributed by atoms with Crippen LogP contribution in [0.1, 0.15) is 30.1 Å². The normalized spacial score (nSPS) is 13.4. The van der Waals surface area contributed by atoms with Crippen molar-refractivity contribution in [3.63, 3.8) is 0 Å². The van der Waals surface area contributed by atoms with Crippen molar-refractivity contribution in [1.82, 2.24) is 0 Å². The first kappa shape index (κ1) is 15.3. The average molecular weight is 308 g/mol. The monoisotopic (exact) mass is 308 g/mol. The second-order valence-electron chi connectivity index (χ2n) is 5.73. The van der Waals surface area contributed by atoms with E-state index in [2.05, 4.69) is 5.32 Å². The molecule has 2 aromatic rings. The van der Waals surface area contributed by atoms with Gasteiger partial charge in [-0.25, -0.2) is 0 Å². The van der Waals surface area contributed by atoms with Crippen LogP contribution in [0.3, 0.4) is 0 Å². The fraction of sp³-hybridized carbons (Fsp3) is 0.263. The molecule has 118 valence electrons. The number of nitrogens with zero attached hydrogens (tertiary/aromatic N) is 1. The highest BCUT2D eigenvalue weighted by atomic mass is 16.2. The second kappa shape index (κ2) is 6.65. The largest absolute Gasteiger partial charge is 0.326 e. The van der Waals surface area contributed by atoms with Crippen LogP contribution in [0.15, 0.2) is 54.6 Å². The molecule has 0 aliphatic heterocycles. The fourth-order valence-electron chi connectivity index (χ4n) is 2.49. The lowest BCUT2D eigenvalue weighted by molar-refractivity contribution is -0.117. The Labute approximate surface area is 136 Å². The number of nitrogens with one attached hydrogen (secondary N) is 1. The van der Waals surface area contributed by atoms with Crippen LogP contribution < -0.4 is 10.2 Å². The van der Waals surface area contributed by atoms with Crippen LogP contribution >= 0.6 is 0 Å². The number of carbonyl (C=O) groups is 2. The Morgan fingerprint density at radius 2 is 1.70 bits per heavy atom. The first-order valence-corrected chi connectivity index (χ1v) is 7.97. The molecule has 1 fully saturated rings. The van der Waals surface area contributed by atoms with Crippen LogP contribution in [-0.2, 0) is 4.79 Å². The number of anilines is 2. The molecule has 3 rings (SSSR count). The third-order valence-corrected chi connectivity index (χ3v) is 3.98. The summed E-state index contributed by atoms with van der Waals surface area (Å²) in [6, 6.07) is 16.7. The Bertz CT molecular complexity index is 691. The summed E-state index contributed by atoms with van der Waals surface area (Å²) >= 11 is 0. The number of hydrogen-bond acceptors (Lipinski definition) is 2. The van der Waals surface area contributed by atoms with Crippen LogP contribution in [0.2, 0.25) is 0 Å². The number of amides is 2. The third kappa shape index (κ3) is 3.59. The van der Waals surface area contributed by atoms with Crippen molar-refractivity contribution in [3.8, 4) is 0 Å². The van der Waals surface area contributed by atoms with Gasteiger partial charge in [0.2, 0.25) is 5.91 Å². The molecule has 1 aliphatic rings. The number of carbonyl (C=O) groups excluding carboxylic acids is 2. The highest BCUT2D eigenvalue weighted by molar-refractivity contribution is 6.06. The van der Waals surface area contributed by atoms with Crippen molar-refractivity contribution < 1.29 is 9.59 Å². The molecule has 0 aromatic heterocycles. The maximum absolute atomic E-state index is 12.7. The quantitative estimate of drug-likeness (QED) is 0.915. The molecule has 2 aromatic carbocycles. The van der Waals surface area contributed by atoms with E-state index in [0.717, 1.165) is 24.2 Å².